The summed E-state index contributed by atoms with van der Waals surface area (Å²) in [7, 11) is 2.89. The molecule has 35 valence electrons. The molecule has 0 aromatic heterocycles. The fraction of sp³-hybridized carbons (Fsp3) is 0.333. The summed E-state index contributed by atoms with van der Waals surface area (Å²) < 4.78 is 3.97. The standard InChI is InChI=1S/C3H5O2S/c1-5-3(4)6-2/h1H2,2H3. The zero-order chi connectivity index (χ0) is 4.99. The van der Waals surface area contributed by atoms with Crippen LogP contribution in [0.25, 0.3) is 0 Å². The minimum atomic E-state index is -0.352. The van der Waals surface area contributed by atoms with Crippen LogP contribution in [0.4, 0.5) is 4.79 Å². The Labute approximate surface area is 40.9 Å². The fourth-order valence-corrected chi connectivity index (χ4v) is 0.177. The van der Waals surface area contributed by atoms with E-state index in [1.807, 2.05) is 0 Å². The van der Waals surface area contributed by atoms with E-state index < -0.39 is 0 Å². The Balaban J connectivity index is 2.99. The van der Waals surface area contributed by atoms with E-state index >= 15 is 0 Å². The van der Waals surface area contributed by atoms with E-state index in [4.69, 9.17) is 0 Å². The van der Waals surface area contributed by atoms with E-state index in [0.29, 0.717) is 0 Å². The van der Waals surface area contributed by atoms with Crippen LogP contribution in [-0.4, -0.2) is 11.6 Å². The van der Waals surface area contributed by atoms with E-state index in [0.717, 1.165) is 11.8 Å². The molecule has 0 spiro atoms. The summed E-state index contributed by atoms with van der Waals surface area (Å²) >= 11 is 1.00. The smallest absolute Gasteiger partial charge is 0.367 e. The number of carbonyl (C=O) groups is 1. The molecule has 0 bridgehead atoms. The second kappa shape index (κ2) is 3.03. The molecule has 0 aliphatic heterocycles. The molecule has 0 saturated carbocycles. The van der Waals surface area contributed by atoms with Crippen LogP contribution in [0.2, 0.25) is 0 Å². The Bertz CT molecular complexity index is 46.8. The van der Waals surface area contributed by atoms with Crippen LogP contribution in [0.1, 0.15) is 0 Å². The first-order chi connectivity index (χ1) is 2.81. The number of hydrogen-bond donors (Lipinski definition) is 0. The molecule has 0 saturated heterocycles. The van der Waals surface area contributed by atoms with E-state index in [-0.39, 0.29) is 5.30 Å². The summed E-state index contributed by atoms with van der Waals surface area (Å²) in [4.78, 5) is 9.86. The summed E-state index contributed by atoms with van der Waals surface area (Å²) in [6, 6.07) is 0. The van der Waals surface area contributed by atoms with E-state index in [1.54, 1.807) is 6.26 Å². The van der Waals surface area contributed by atoms with Crippen molar-refractivity contribution in [2.75, 3.05) is 6.26 Å². The molecule has 0 aliphatic carbocycles. The van der Waals surface area contributed by atoms with Crippen molar-refractivity contribution in [2.24, 2.45) is 0 Å². The third-order valence-electron chi connectivity index (χ3n) is 0.285. The molecule has 0 aromatic carbocycles. The lowest BCUT2D eigenvalue weighted by molar-refractivity contribution is 0.212. The number of rotatable bonds is 0. The normalized spacial score (nSPS) is 7.67. The molecule has 2 nitrogen and oxygen atoms in total. The quantitative estimate of drug-likeness (QED) is 0.434. The molecule has 0 amide bonds. The first-order valence-electron chi connectivity index (χ1n) is 1.31. The van der Waals surface area contributed by atoms with Crippen LogP contribution in [0.3, 0.4) is 0 Å². The van der Waals surface area contributed by atoms with E-state index in [2.05, 4.69) is 11.8 Å². The highest BCUT2D eigenvalue weighted by Crippen LogP contribution is 1.95. The van der Waals surface area contributed by atoms with Crippen LogP contribution < -0.4 is 0 Å². The first-order valence-corrected chi connectivity index (χ1v) is 2.53. The van der Waals surface area contributed by atoms with Gasteiger partial charge in [0.25, 0.3) is 0 Å². The zero-order valence-corrected chi connectivity index (χ0v) is 4.25. The van der Waals surface area contributed by atoms with Crippen molar-refractivity contribution in [1.29, 1.82) is 0 Å². The Morgan fingerprint density at radius 1 is 2.00 bits per heavy atom. The predicted molar refractivity (Wildman–Crippen MR) is 25.4 cm³/mol. The summed E-state index contributed by atoms with van der Waals surface area (Å²) in [5.41, 5.74) is 0. The molecule has 0 fully saturated rings. The Kier molecular flexibility index (Phi) is 2.94. The predicted octanol–water partition coefficient (Wildman–Crippen LogP) is 1.28. The maximum Gasteiger partial charge on any atom is 0.367 e. The molecule has 0 aliphatic rings. The van der Waals surface area contributed by atoms with Crippen molar-refractivity contribution in [3.8, 4) is 0 Å². The van der Waals surface area contributed by atoms with Crippen LogP contribution in [0, 0.1) is 7.11 Å². The van der Waals surface area contributed by atoms with Crippen molar-refractivity contribution >= 4 is 17.1 Å². The minimum absolute atomic E-state index is 0.352. The van der Waals surface area contributed by atoms with Crippen LogP contribution in [-0.2, 0) is 4.74 Å². The maximum atomic E-state index is 9.86. The molecule has 1 radical (unpaired) electrons. The second-order valence-corrected chi connectivity index (χ2v) is 1.34. The third kappa shape index (κ3) is 2.08. The first kappa shape index (κ1) is 5.82. The van der Waals surface area contributed by atoms with Gasteiger partial charge < -0.3 is 4.74 Å². The van der Waals surface area contributed by atoms with Gasteiger partial charge in [-0.2, -0.15) is 0 Å². The molecule has 0 rings (SSSR count). The molecular weight excluding hydrogens is 100 g/mol. The average Bonchev–Trinajstić information content (AvgIpc) is 1.65. The molecular formula is C3H5O2S. The lowest BCUT2D eigenvalue weighted by Crippen LogP contribution is -1.83. The molecule has 0 aromatic rings. The van der Waals surface area contributed by atoms with Crippen LogP contribution >= 0.6 is 11.8 Å². The van der Waals surface area contributed by atoms with Crippen molar-refractivity contribution in [3.63, 3.8) is 0 Å². The lowest BCUT2D eigenvalue weighted by Gasteiger charge is -1.85. The van der Waals surface area contributed by atoms with Gasteiger partial charge in [-0.25, -0.2) is 4.79 Å². The van der Waals surface area contributed by atoms with Gasteiger partial charge in [-0.3, -0.25) is 0 Å². The Morgan fingerprint density at radius 2 is 2.50 bits per heavy atom. The van der Waals surface area contributed by atoms with Gasteiger partial charge in [-0.05, 0) is 18.0 Å². The molecule has 0 atom stereocenters. The Morgan fingerprint density at radius 3 is 2.50 bits per heavy atom. The highest BCUT2D eigenvalue weighted by atomic mass is 32.2. The molecule has 6 heavy (non-hydrogen) atoms. The number of thioether (sulfide) groups is 1. The maximum absolute atomic E-state index is 9.86. The third-order valence-corrected chi connectivity index (χ3v) is 0.736. The molecule has 0 N–H and O–H groups in total. The number of ether oxygens (including phenoxy) is 1. The lowest BCUT2D eigenvalue weighted by atomic mass is 11.5. The summed E-state index contributed by atoms with van der Waals surface area (Å²) in [5, 5.41) is -0.352. The van der Waals surface area contributed by atoms with Crippen molar-refractivity contribution < 1.29 is 9.53 Å². The van der Waals surface area contributed by atoms with Crippen LogP contribution in [0.15, 0.2) is 0 Å². The monoisotopic (exact) mass is 105 g/mol. The molecule has 0 heterocycles. The summed E-state index contributed by atoms with van der Waals surface area (Å²) in [5.74, 6) is 0. The van der Waals surface area contributed by atoms with Gasteiger partial charge in [0, 0.05) is 0 Å². The van der Waals surface area contributed by atoms with Crippen molar-refractivity contribution in [2.45, 2.75) is 0 Å². The van der Waals surface area contributed by atoms with E-state index in [1.165, 1.54) is 0 Å². The van der Waals surface area contributed by atoms with Crippen molar-refractivity contribution in [3.05, 3.63) is 7.11 Å². The number of carbonyl (C=O) groups excluding carboxylic acids is 1. The van der Waals surface area contributed by atoms with Gasteiger partial charge in [0.15, 0.2) is 0 Å². The average molecular weight is 105 g/mol. The highest BCUT2D eigenvalue weighted by molar-refractivity contribution is 8.12. The topological polar surface area (TPSA) is 26.3 Å². The Hall–Kier alpha value is -0.180. The second-order valence-electron chi connectivity index (χ2n) is 0.598. The van der Waals surface area contributed by atoms with Gasteiger partial charge in [0.2, 0.25) is 0 Å². The highest BCUT2D eigenvalue weighted by Gasteiger charge is 1.88. The molecule has 0 unspecified atom stereocenters. The van der Waals surface area contributed by atoms with Gasteiger partial charge >= 0.3 is 5.30 Å². The van der Waals surface area contributed by atoms with Crippen LogP contribution in [0.5, 0.6) is 0 Å². The largest absolute Gasteiger partial charge is 0.454 e. The summed E-state index contributed by atoms with van der Waals surface area (Å²) in [6.07, 6.45) is 1.63. The SMILES string of the molecule is [CH2]OC(=O)SC. The number of hydrogen-bond acceptors (Lipinski definition) is 3. The van der Waals surface area contributed by atoms with Crippen molar-refractivity contribution in [1.82, 2.24) is 0 Å². The molecule has 3 heteroatoms. The van der Waals surface area contributed by atoms with E-state index in [9.17, 15) is 4.79 Å². The van der Waals surface area contributed by atoms with Gasteiger partial charge in [0.05, 0.1) is 0 Å². The summed E-state index contributed by atoms with van der Waals surface area (Å²) in [6.45, 7) is 0. The van der Waals surface area contributed by atoms with Gasteiger partial charge in [-0.1, -0.05) is 0 Å². The zero-order valence-electron chi connectivity index (χ0n) is 3.43. The van der Waals surface area contributed by atoms with Gasteiger partial charge in [0.1, 0.15) is 7.11 Å². The fourth-order valence-electron chi connectivity index (χ4n) is 0.0589. The minimum Gasteiger partial charge on any atom is -0.454 e. The van der Waals surface area contributed by atoms with Gasteiger partial charge in [-0.15, -0.1) is 0 Å².